The Hall–Kier alpha value is -2.86. The van der Waals surface area contributed by atoms with Gasteiger partial charge in [-0.1, -0.05) is 18.2 Å². The van der Waals surface area contributed by atoms with Crippen molar-refractivity contribution in [2.24, 2.45) is 0 Å². The fourth-order valence-electron chi connectivity index (χ4n) is 2.35. The molecule has 0 aliphatic carbocycles. The highest BCUT2D eigenvalue weighted by molar-refractivity contribution is 5.94. The molecule has 2 rings (SSSR count). The van der Waals surface area contributed by atoms with E-state index in [4.69, 9.17) is 9.47 Å². The molecule has 0 saturated carbocycles. The van der Waals surface area contributed by atoms with Crippen molar-refractivity contribution in [2.45, 2.75) is 19.8 Å². The van der Waals surface area contributed by atoms with E-state index in [-0.39, 0.29) is 18.4 Å². The van der Waals surface area contributed by atoms with Gasteiger partial charge in [0.25, 0.3) is 0 Å². The number of amides is 2. The lowest BCUT2D eigenvalue weighted by Gasteiger charge is -2.09. The van der Waals surface area contributed by atoms with E-state index in [9.17, 15) is 9.59 Å². The fraction of sp³-hybridized carbons (Fsp3) is 0.300. The Morgan fingerprint density at radius 2 is 1.65 bits per heavy atom. The van der Waals surface area contributed by atoms with E-state index in [0.717, 1.165) is 11.3 Å². The summed E-state index contributed by atoms with van der Waals surface area (Å²) in [5.41, 5.74) is 2.37. The van der Waals surface area contributed by atoms with Crippen molar-refractivity contribution in [2.75, 3.05) is 31.0 Å². The van der Waals surface area contributed by atoms with Crippen molar-refractivity contribution in [3.63, 3.8) is 0 Å². The molecule has 6 nitrogen and oxygen atoms in total. The van der Waals surface area contributed by atoms with Gasteiger partial charge in [-0.05, 0) is 49.2 Å². The average molecular weight is 356 g/mol. The number of anilines is 2. The predicted molar refractivity (Wildman–Crippen MR) is 101 cm³/mol. The van der Waals surface area contributed by atoms with E-state index in [1.807, 2.05) is 31.2 Å². The van der Waals surface area contributed by atoms with Crippen LogP contribution in [0.1, 0.15) is 18.4 Å². The largest absolute Gasteiger partial charge is 0.494 e. The SMILES string of the molecule is COCC(=O)Nc1cccc(NC(=O)CCCOc2cccc(C)c2)c1. The van der Waals surface area contributed by atoms with Crippen LogP contribution in [0.2, 0.25) is 0 Å². The van der Waals surface area contributed by atoms with Crippen LogP contribution in [0.4, 0.5) is 11.4 Å². The van der Waals surface area contributed by atoms with Crippen molar-refractivity contribution in [1.82, 2.24) is 0 Å². The summed E-state index contributed by atoms with van der Waals surface area (Å²) in [6.07, 6.45) is 0.968. The Balaban J connectivity index is 1.74. The van der Waals surface area contributed by atoms with Gasteiger partial charge >= 0.3 is 0 Å². The number of carbonyl (C=O) groups excluding carboxylic acids is 2. The van der Waals surface area contributed by atoms with Crippen molar-refractivity contribution in [1.29, 1.82) is 0 Å². The number of methoxy groups -OCH3 is 1. The molecule has 0 aliphatic heterocycles. The molecule has 0 radical (unpaired) electrons. The summed E-state index contributed by atoms with van der Waals surface area (Å²) in [6, 6.07) is 14.8. The van der Waals surface area contributed by atoms with Crippen LogP contribution < -0.4 is 15.4 Å². The van der Waals surface area contributed by atoms with Crippen LogP contribution in [0.15, 0.2) is 48.5 Å². The second kappa shape index (κ2) is 10.2. The number of aryl methyl sites for hydroxylation is 1. The zero-order valence-corrected chi connectivity index (χ0v) is 15.1. The van der Waals surface area contributed by atoms with Crippen molar-refractivity contribution in [3.05, 3.63) is 54.1 Å². The topological polar surface area (TPSA) is 76.7 Å². The van der Waals surface area contributed by atoms with Crippen molar-refractivity contribution >= 4 is 23.2 Å². The van der Waals surface area contributed by atoms with E-state index >= 15 is 0 Å². The molecule has 0 unspecified atom stereocenters. The Morgan fingerprint density at radius 1 is 0.962 bits per heavy atom. The van der Waals surface area contributed by atoms with Crippen molar-refractivity contribution < 1.29 is 19.1 Å². The highest BCUT2D eigenvalue weighted by Gasteiger charge is 2.05. The van der Waals surface area contributed by atoms with Crippen LogP contribution in [0.3, 0.4) is 0 Å². The zero-order chi connectivity index (χ0) is 18.8. The molecule has 6 heteroatoms. The molecule has 138 valence electrons. The van der Waals surface area contributed by atoms with Gasteiger partial charge in [-0.2, -0.15) is 0 Å². The van der Waals surface area contributed by atoms with Crippen LogP contribution in [-0.2, 0) is 14.3 Å². The second-order valence-electron chi connectivity index (χ2n) is 5.88. The molecule has 2 aromatic rings. The summed E-state index contributed by atoms with van der Waals surface area (Å²) in [4.78, 5) is 23.6. The Kier molecular flexibility index (Phi) is 7.64. The van der Waals surface area contributed by atoms with Crippen LogP contribution in [-0.4, -0.2) is 32.1 Å². The molecule has 2 aromatic carbocycles. The quantitative estimate of drug-likeness (QED) is 0.675. The predicted octanol–water partition coefficient (Wildman–Crippen LogP) is 3.38. The summed E-state index contributed by atoms with van der Waals surface area (Å²) in [5, 5.41) is 5.51. The van der Waals surface area contributed by atoms with E-state index in [1.165, 1.54) is 7.11 Å². The minimum Gasteiger partial charge on any atom is -0.494 e. The van der Waals surface area contributed by atoms with Gasteiger partial charge in [0.2, 0.25) is 11.8 Å². The second-order valence-corrected chi connectivity index (χ2v) is 5.88. The first-order valence-electron chi connectivity index (χ1n) is 8.45. The van der Waals surface area contributed by atoms with Crippen LogP contribution >= 0.6 is 0 Å². The van der Waals surface area contributed by atoms with Gasteiger partial charge in [-0.3, -0.25) is 9.59 Å². The average Bonchev–Trinajstić information content (AvgIpc) is 2.59. The van der Waals surface area contributed by atoms with Gasteiger partial charge < -0.3 is 20.1 Å². The molecular weight excluding hydrogens is 332 g/mol. The molecule has 0 fully saturated rings. The standard InChI is InChI=1S/C20H24N2O4/c1-15-6-3-9-18(12-15)26-11-5-10-19(23)21-16-7-4-8-17(13-16)22-20(24)14-25-2/h3-4,6-9,12-13H,5,10-11,14H2,1-2H3,(H,21,23)(H,22,24). The fourth-order valence-corrected chi connectivity index (χ4v) is 2.35. The van der Waals surface area contributed by atoms with E-state index in [2.05, 4.69) is 10.6 Å². The van der Waals surface area contributed by atoms with Gasteiger partial charge in [0, 0.05) is 24.9 Å². The lowest BCUT2D eigenvalue weighted by molar-refractivity contribution is -0.119. The number of ether oxygens (including phenoxy) is 2. The zero-order valence-electron chi connectivity index (χ0n) is 15.1. The molecule has 0 aliphatic rings. The number of hydrogen-bond acceptors (Lipinski definition) is 4. The molecule has 0 saturated heterocycles. The first-order valence-corrected chi connectivity index (χ1v) is 8.45. The molecule has 2 amide bonds. The third kappa shape index (κ3) is 6.94. The number of benzene rings is 2. The highest BCUT2D eigenvalue weighted by Crippen LogP contribution is 2.16. The minimum atomic E-state index is -0.246. The first-order chi connectivity index (χ1) is 12.6. The number of hydrogen-bond donors (Lipinski definition) is 2. The van der Waals surface area contributed by atoms with Crippen LogP contribution in [0.5, 0.6) is 5.75 Å². The van der Waals surface area contributed by atoms with E-state index in [0.29, 0.717) is 30.8 Å². The molecule has 0 spiro atoms. The lowest BCUT2D eigenvalue weighted by Crippen LogP contribution is -2.17. The molecule has 26 heavy (non-hydrogen) atoms. The van der Waals surface area contributed by atoms with Gasteiger partial charge in [0.1, 0.15) is 12.4 Å². The monoisotopic (exact) mass is 356 g/mol. The Bertz CT molecular complexity index is 746. The molecule has 2 N–H and O–H groups in total. The number of carbonyl (C=O) groups is 2. The molecule has 0 atom stereocenters. The molecule has 0 heterocycles. The number of rotatable bonds is 9. The van der Waals surface area contributed by atoms with Gasteiger partial charge in [-0.15, -0.1) is 0 Å². The van der Waals surface area contributed by atoms with Gasteiger partial charge in [0.05, 0.1) is 6.61 Å². The van der Waals surface area contributed by atoms with Crippen molar-refractivity contribution in [3.8, 4) is 5.75 Å². The van der Waals surface area contributed by atoms with Gasteiger partial charge in [0.15, 0.2) is 0 Å². The number of nitrogens with one attached hydrogen (secondary N) is 2. The van der Waals surface area contributed by atoms with Crippen LogP contribution in [0, 0.1) is 6.92 Å². The summed E-state index contributed by atoms with van der Waals surface area (Å²) in [5.74, 6) is 0.465. The van der Waals surface area contributed by atoms with E-state index in [1.54, 1.807) is 24.3 Å². The minimum absolute atomic E-state index is 0.0163. The summed E-state index contributed by atoms with van der Waals surface area (Å²) < 4.78 is 10.4. The molecule has 0 aromatic heterocycles. The molecule has 0 bridgehead atoms. The smallest absolute Gasteiger partial charge is 0.250 e. The van der Waals surface area contributed by atoms with E-state index < -0.39 is 0 Å². The maximum atomic E-state index is 12.0. The maximum absolute atomic E-state index is 12.0. The summed E-state index contributed by atoms with van der Waals surface area (Å²) in [6.45, 7) is 2.47. The Morgan fingerprint density at radius 3 is 2.35 bits per heavy atom. The normalized spacial score (nSPS) is 10.2. The summed E-state index contributed by atoms with van der Waals surface area (Å²) in [7, 11) is 1.46. The Labute approximate surface area is 153 Å². The van der Waals surface area contributed by atoms with Crippen LogP contribution in [0.25, 0.3) is 0 Å². The third-order valence-electron chi connectivity index (χ3n) is 3.51. The third-order valence-corrected chi connectivity index (χ3v) is 3.51. The maximum Gasteiger partial charge on any atom is 0.250 e. The van der Waals surface area contributed by atoms with Gasteiger partial charge in [-0.25, -0.2) is 0 Å². The highest BCUT2D eigenvalue weighted by atomic mass is 16.5. The summed E-state index contributed by atoms with van der Waals surface area (Å²) >= 11 is 0. The first kappa shape index (κ1) is 19.5. The molecular formula is C20H24N2O4. The lowest BCUT2D eigenvalue weighted by atomic mass is 10.2.